The van der Waals surface area contributed by atoms with Crippen LogP contribution in [0.5, 0.6) is 0 Å². The Hall–Kier alpha value is -1.56. The Kier molecular flexibility index (Phi) is 3.65. The monoisotopic (exact) mass is 311 g/mol. The fourth-order valence-electron chi connectivity index (χ4n) is 2.08. The number of benzene rings is 1. The quantitative estimate of drug-likeness (QED) is 0.895. The first kappa shape index (κ1) is 13.4. The second-order valence-corrected chi connectivity index (χ2v) is 5.17. The van der Waals surface area contributed by atoms with Gasteiger partial charge in [0.05, 0.1) is 28.9 Å². The van der Waals surface area contributed by atoms with Gasteiger partial charge in [-0.1, -0.05) is 29.3 Å². The van der Waals surface area contributed by atoms with E-state index in [0.717, 1.165) is 17.7 Å². The molecule has 0 bridgehead atoms. The van der Waals surface area contributed by atoms with Gasteiger partial charge in [0.2, 0.25) is 0 Å². The lowest BCUT2D eigenvalue weighted by atomic mass is 10.1. The highest BCUT2D eigenvalue weighted by atomic mass is 35.5. The molecule has 1 aliphatic heterocycles. The largest absolute Gasteiger partial charge is 0.376 e. The van der Waals surface area contributed by atoms with Crippen LogP contribution in [0.3, 0.4) is 0 Å². The molecule has 5 nitrogen and oxygen atoms in total. The van der Waals surface area contributed by atoms with Crippen molar-refractivity contribution in [1.82, 2.24) is 10.2 Å². The Morgan fingerprint density at radius 2 is 2.25 bits per heavy atom. The molecule has 0 fully saturated rings. The molecule has 2 N–H and O–H groups in total. The van der Waals surface area contributed by atoms with E-state index >= 15 is 0 Å². The number of nitrogens with one attached hydrogen (secondary N) is 2. The summed E-state index contributed by atoms with van der Waals surface area (Å²) in [6, 6.07) is 5.05. The van der Waals surface area contributed by atoms with E-state index in [-0.39, 0.29) is 5.91 Å². The van der Waals surface area contributed by atoms with Crippen LogP contribution in [0, 0.1) is 0 Å². The van der Waals surface area contributed by atoms with Crippen molar-refractivity contribution in [3.63, 3.8) is 0 Å². The third-order valence-electron chi connectivity index (χ3n) is 3.11. The normalized spacial score (nSPS) is 13.9. The lowest BCUT2D eigenvalue weighted by molar-refractivity contribution is 0.0985. The van der Waals surface area contributed by atoms with Gasteiger partial charge in [0.1, 0.15) is 0 Å². The number of nitrogens with zero attached hydrogens (tertiary/aromatic N) is 1. The number of ether oxygens (including phenoxy) is 1. The topological polar surface area (TPSA) is 67.0 Å². The lowest BCUT2D eigenvalue weighted by Gasteiger charge is -2.12. The van der Waals surface area contributed by atoms with Crippen LogP contribution in [0.15, 0.2) is 18.2 Å². The minimum absolute atomic E-state index is 0.308. The zero-order chi connectivity index (χ0) is 14.1. The van der Waals surface area contributed by atoms with Crippen LogP contribution in [-0.2, 0) is 17.8 Å². The number of fused-ring (bicyclic) bond motifs is 1. The summed E-state index contributed by atoms with van der Waals surface area (Å²) in [7, 11) is 0. The molecule has 104 valence electrons. The van der Waals surface area contributed by atoms with Crippen LogP contribution < -0.4 is 5.32 Å². The number of hydrogen-bond acceptors (Lipinski definition) is 3. The first-order valence-corrected chi connectivity index (χ1v) is 6.81. The average molecular weight is 312 g/mol. The minimum atomic E-state index is -0.336. The Bertz CT molecular complexity index is 670. The van der Waals surface area contributed by atoms with Crippen LogP contribution in [-0.4, -0.2) is 22.7 Å². The third-order valence-corrected chi connectivity index (χ3v) is 3.93. The van der Waals surface area contributed by atoms with Gasteiger partial charge in [0, 0.05) is 17.7 Å². The van der Waals surface area contributed by atoms with E-state index in [9.17, 15) is 4.79 Å². The highest BCUT2D eigenvalue weighted by molar-refractivity contribution is 6.44. The zero-order valence-electron chi connectivity index (χ0n) is 10.4. The first-order chi connectivity index (χ1) is 9.66. The van der Waals surface area contributed by atoms with Crippen molar-refractivity contribution in [2.75, 3.05) is 11.9 Å². The number of anilines is 1. The number of halogens is 2. The number of H-pyrrole nitrogens is 1. The third kappa shape index (κ3) is 2.40. The van der Waals surface area contributed by atoms with Gasteiger partial charge in [-0.3, -0.25) is 9.89 Å². The van der Waals surface area contributed by atoms with Crippen LogP contribution in [0.1, 0.15) is 21.7 Å². The molecule has 0 atom stereocenters. The maximum Gasteiger partial charge on any atom is 0.276 e. The summed E-state index contributed by atoms with van der Waals surface area (Å²) in [4.78, 5) is 12.3. The fourth-order valence-corrected chi connectivity index (χ4v) is 2.43. The van der Waals surface area contributed by atoms with Crippen LogP contribution in [0.25, 0.3) is 0 Å². The van der Waals surface area contributed by atoms with Crippen molar-refractivity contribution < 1.29 is 9.53 Å². The van der Waals surface area contributed by atoms with Gasteiger partial charge in [-0.05, 0) is 12.1 Å². The molecule has 2 aromatic rings. The van der Waals surface area contributed by atoms with Gasteiger partial charge in [0.15, 0.2) is 5.69 Å². The van der Waals surface area contributed by atoms with Gasteiger partial charge in [-0.25, -0.2) is 0 Å². The van der Waals surface area contributed by atoms with E-state index in [1.54, 1.807) is 18.2 Å². The second kappa shape index (κ2) is 5.44. The maximum atomic E-state index is 12.3. The smallest absolute Gasteiger partial charge is 0.276 e. The Labute approximate surface area is 125 Å². The molecule has 0 aliphatic carbocycles. The van der Waals surface area contributed by atoms with E-state index < -0.39 is 0 Å². The number of aromatic nitrogens is 2. The van der Waals surface area contributed by atoms with Gasteiger partial charge in [-0.2, -0.15) is 5.10 Å². The Balaban J connectivity index is 1.86. The Morgan fingerprint density at radius 3 is 3.10 bits per heavy atom. The van der Waals surface area contributed by atoms with Gasteiger partial charge < -0.3 is 10.1 Å². The molecule has 0 spiro atoms. The van der Waals surface area contributed by atoms with Gasteiger partial charge in [-0.15, -0.1) is 0 Å². The molecule has 3 rings (SSSR count). The molecule has 0 saturated carbocycles. The van der Waals surface area contributed by atoms with Gasteiger partial charge >= 0.3 is 0 Å². The highest BCUT2D eigenvalue weighted by Crippen LogP contribution is 2.30. The summed E-state index contributed by atoms with van der Waals surface area (Å²) in [6.45, 7) is 1.02. The van der Waals surface area contributed by atoms with Crippen molar-refractivity contribution >= 4 is 34.8 Å². The van der Waals surface area contributed by atoms with E-state index in [1.165, 1.54) is 0 Å². The summed E-state index contributed by atoms with van der Waals surface area (Å²) in [5, 5.41) is 10.3. The zero-order valence-corrected chi connectivity index (χ0v) is 11.9. The van der Waals surface area contributed by atoms with E-state index in [0.29, 0.717) is 34.6 Å². The molecule has 2 heterocycles. The fraction of sp³-hybridized carbons (Fsp3) is 0.231. The van der Waals surface area contributed by atoms with Crippen molar-refractivity contribution in [3.05, 3.63) is 45.2 Å². The Morgan fingerprint density at radius 1 is 1.40 bits per heavy atom. The van der Waals surface area contributed by atoms with E-state index in [1.807, 2.05) is 0 Å². The molecule has 0 unspecified atom stereocenters. The molecule has 0 saturated heterocycles. The molecule has 1 aromatic heterocycles. The number of carbonyl (C=O) groups excluding carboxylic acids is 1. The molecular weight excluding hydrogens is 301 g/mol. The summed E-state index contributed by atoms with van der Waals surface area (Å²) in [6.07, 6.45) is 0.730. The number of hydrogen-bond donors (Lipinski definition) is 2. The van der Waals surface area contributed by atoms with Crippen molar-refractivity contribution in [2.45, 2.75) is 13.0 Å². The highest BCUT2D eigenvalue weighted by Gasteiger charge is 2.22. The molecule has 1 aliphatic rings. The molecule has 1 amide bonds. The maximum absolute atomic E-state index is 12.3. The minimum Gasteiger partial charge on any atom is -0.376 e. The van der Waals surface area contributed by atoms with Crippen LogP contribution >= 0.6 is 23.2 Å². The summed E-state index contributed by atoms with van der Waals surface area (Å²) in [5.41, 5.74) is 2.53. The lowest BCUT2D eigenvalue weighted by Crippen LogP contribution is -2.17. The average Bonchev–Trinajstić information content (AvgIpc) is 2.88. The predicted molar refractivity (Wildman–Crippen MR) is 76.4 cm³/mol. The van der Waals surface area contributed by atoms with Crippen molar-refractivity contribution in [2.24, 2.45) is 0 Å². The molecule has 7 heteroatoms. The van der Waals surface area contributed by atoms with Gasteiger partial charge in [0.25, 0.3) is 5.91 Å². The van der Waals surface area contributed by atoms with Crippen LogP contribution in [0.4, 0.5) is 5.69 Å². The molecule has 0 radical (unpaired) electrons. The predicted octanol–water partition coefficient (Wildman–Crippen LogP) is 3.04. The van der Waals surface area contributed by atoms with Crippen LogP contribution in [0.2, 0.25) is 10.0 Å². The molecular formula is C13H11Cl2N3O2. The number of aromatic amines is 1. The SMILES string of the molecule is O=C(Nc1cccc(Cl)c1Cl)c1n[nH]c2c1COCC2. The van der Waals surface area contributed by atoms with E-state index in [2.05, 4.69) is 15.5 Å². The summed E-state index contributed by atoms with van der Waals surface area (Å²) < 4.78 is 5.35. The standard InChI is InChI=1S/C13H11Cl2N3O2/c14-8-2-1-3-10(11(8)15)16-13(19)12-7-6-20-5-4-9(7)17-18-12/h1-3H,4-6H2,(H,16,19)(H,17,18). The van der Waals surface area contributed by atoms with Crippen molar-refractivity contribution in [1.29, 1.82) is 0 Å². The summed E-state index contributed by atoms with van der Waals surface area (Å²) in [5.74, 6) is -0.336. The van der Waals surface area contributed by atoms with E-state index in [4.69, 9.17) is 27.9 Å². The number of rotatable bonds is 2. The summed E-state index contributed by atoms with van der Waals surface area (Å²) >= 11 is 12.0. The first-order valence-electron chi connectivity index (χ1n) is 6.06. The van der Waals surface area contributed by atoms with Crippen molar-refractivity contribution in [3.8, 4) is 0 Å². The molecule has 20 heavy (non-hydrogen) atoms. The second-order valence-electron chi connectivity index (χ2n) is 4.39. The molecule has 1 aromatic carbocycles. The number of amides is 1. The number of carbonyl (C=O) groups is 1.